The van der Waals surface area contributed by atoms with Gasteiger partial charge >= 0.3 is 5.69 Å². The summed E-state index contributed by atoms with van der Waals surface area (Å²) in [6.07, 6.45) is 6.05. The van der Waals surface area contributed by atoms with Crippen LogP contribution in [0.2, 0.25) is 10.0 Å². The molecule has 0 spiro atoms. The van der Waals surface area contributed by atoms with Crippen LogP contribution >= 0.6 is 23.2 Å². The molecule has 5 aromatic rings. The number of benzene rings is 1. The SMILES string of the molecule is CC(=O)Nc1ncnc2c1c(-c1cccc(Cl)c1Cl)cn2CC(=O)N1CCC(n2c(=O)[nH]c3ncccc32)CC1. The summed E-state index contributed by atoms with van der Waals surface area (Å²) in [5.74, 6) is -0.0686. The number of halogens is 2. The molecule has 0 saturated carbocycles. The monoisotopic (exact) mass is 578 g/mol. The van der Waals surface area contributed by atoms with E-state index in [-0.39, 0.29) is 30.1 Å². The first-order valence-electron chi connectivity index (χ1n) is 12.7. The van der Waals surface area contributed by atoms with Crippen LogP contribution in [0.25, 0.3) is 33.3 Å². The molecule has 4 aromatic heterocycles. The van der Waals surface area contributed by atoms with Gasteiger partial charge in [0, 0.05) is 49.6 Å². The van der Waals surface area contributed by atoms with Gasteiger partial charge in [-0.05, 0) is 31.0 Å². The number of carbonyl (C=O) groups excluding carboxylic acids is 2. The van der Waals surface area contributed by atoms with Crippen molar-refractivity contribution in [1.29, 1.82) is 0 Å². The van der Waals surface area contributed by atoms with Gasteiger partial charge in [-0.2, -0.15) is 0 Å². The zero-order valence-corrected chi connectivity index (χ0v) is 22.9. The van der Waals surface area contributed by atoms with Gasteiger partial charge in [-0.25, -0.2) is 19.7 Å². The third-order valence-electron chi connectivity index (χ3n) is 7.17. The Morgan fingerprint density at radius 2 is 1.88 bits per heavy atom. The molecule has 1 aliphatic rings. The summed E-state index contributed by atoms with van der Waals surface area (Å²) in [5, 5.41) is 4.03. The van der Waals surface area contributed by atoms with Crippen molar-refractivity contribution in [2.45, 2.75) is 32.4 Å². The second-order valence-corrected chi connectivity index (χ2v) is 10.4. The number of pyridine rings is 1. The van der Waals surface area contributed by atoms with E-state index in [1.54, 1.807) is 44.6 Å². The summed E-state index contributed by atoms with van der Waals surface area (Å²) in [7, 11) is 0. The van der Waals surface area contributed by atoms with Crippen LogP contribution in [0.4, 0.5) is 5.82 Å². The van der Waals surface area contributed by atoms with Crippen LogP contribution in [0, 0.1) is 0 Å². The highest BCUT2D eigenvalue weighted by atomic mass is 35.5. The second kappa shape index (κ2) is 10.4. The van der Waals surface area contributed by atoms with Crippen LogP contribution < -0.4 is 11.0 Å². The van der Waals surface area contributed by atoms with Crippen LogP contribution in [0.5, 0.6) is 0 Å². The number of likely N-dealkylation sites (tertiary alicyclic amines) is 1. The summed E-state index contributed by atoms with van der Waals surface area (Å²) in [6.45, 7) is 2.42. The van der Waals surface area contributed by atoms with Crippen molar-refractivity contribution < 1.29 is 9.59 Å². The Hall–Kier alpha value is -4.22. The maximum atomic E-state index is 13.5. The van der Waals surface area contributed by atoms with Gasteiger partial charge < -0.3 is 14.8 Å². The molecule has 1 saturated heterocycles. The predicted molar refractivity (Wildman–Crippen MR) is 152 cm³/mol. The van der Waals surface area contributed by atoms with Crippen molar-refractivity contribution in [2.75, 3.05) is 18.4 Å². The molecule has 1 aromatic carbocycles. The smallest absolute Gasteiger partial charge is 0.327 e. The lowest BCUT2D eigenvalue weighted by Gasteiger charge is -2.32. The zero-order chi connectivity index (χ0) is 28.0. The van der Waals surface area contributed by atoms with Crippen molar-refractivity contribution in [2.24, 2.45) is 0 Å². The number of aromatic nitrogens is 6. The average molecular weight is 579 g/mol. The number of aromatic amines is 1. The summed E-state index contributed by atoms with van der Waals surface area (Å²) in [6, 6.07) is 8.91. The number of nitrogens with zero attached hydrogens (tertiary/aromatic N) is 6. The number of hydrogen-bond donors (Lipinski definition) is 2. The van der Waals surface area contributed by atoms with Crippen LogP contribution in [-0.2, 0) is 16.1 Å². The molecule has 204 valence electrons. The van der Waals surface area contributed by atoms with Gasteiger partial charge in [-0.3, -0.25) is 19.1 Å². The summed E-state index contributed by atoms with van der Waals surface area (Å²) in [5.41, 5.74) is 2.88. The van der Waals surface area contributed by atoms with Gasteiger partial charge in [-0.1, -0.05) is 35.3 Å². The fourth-order valence-corrected chi connectivity index (χ4v) is 5.76. The number of amides is 2. The largest absolute Gasteiger partial charge is 0.341 e. The van der Waals surface area contributed by atoms with Gasteiger partial charge in [0.05, 0.1) is 20.9 Å². The zero-order valence-electron chi connectivity index (χ0n) is 21.4. The Kier molecular flexibility index (Phi) is 6.77. The fraction of sp³-hybridized carbons (Fsp3) is 0.259. The summed E-state index contributed by atoms with van der Waals surface area (Å²) >= 11 is 12.8. The van der Waals surface area contributed by atoms with Gasteiger partial charge in [0.15, 0.2) is 5.65 Å². The molecule has 1 fully saturated rings. The molecule has 0 bridgehead atoms. The molecule has 5 heterocycles. The Bertz CT molecular complexity index is 1830. The molecule has 0 atom stereocenters. The number of anilines is 1. The Morgan fingerprint density at radius 3 is 2.65 bits per heavy atom. The third-order valence-corrected chi connectivity index (χ3v) is 7.99. The van der Waals surface area contributed by atoms with E-state index in [2.05, 4.69) is 25.3 Å². The van der Waals surface area contributed by atoms with Gasteiger partial charge in [-0.15, -0.1) is 0 Å². The molecule has 0 radical (unpaired) electrons. The topological polar surface area (TPSA) is 131 Å². The minimum Gasteiger partial charge on any atom is -0.341 e. The normalized spacial score (nSPS) is 14.2. The number of piperidine rings is 1. The minimum absolute atomic E-state index is 0.0207. The Morgan fingerprint density at radius 1 is 1.07 bits per heavy atom. The maximum absolute atomic E-state index is 13.5. The number of fused-ring (bicyclic) bond motifs is 2. The lowest BCUT2D eigenvalue weighted by molar-refractivity contribution is -0.133. The van der Waals surface area contributed by atoms with Crippen LogP contribution in [0.15, 0.2) is 53.8 Å². The first kappa shape index (κ1) is 26.0. The number of hydrogen-bond acceptors (Lipinski definition) is 6. The quantitative estimate of drug-likeness (QED) is 0.320. The highest BCUT2D eigenvalue weighted by Crippen LogP contribution is 2.40. The second-order valence-electron chi connectivity index (χ2n) is 9.66. The van der Waals surface area contributed by atoms with Crippen LogP contribution in [0.3, 0.4) is 0 Å². The molecule has 11 nitrogen and oxygen atoms in total. The number of carbonyl (C=O) groups is 2. The molecular formula is C27H24Cl2N8O3. The third kappa shape index (κ3) is 4.61. The van der Waals surface area contributed by atoms with Gasteiger partial charge in [0.2, 0.25) is 11.8 Å². The molecule has 0 aliphatic carbocycles. The van der Waals surface area contributed by atoms with Gasteiger partial charge in [0.1, 0.15) is 24.3 Å². The molecule has 40 heavy (non-hydrogen) atoms. The Labute approximate surface area is 237 Å². The lowest BCUT2D eigenvalue weighted by Crippen LogP contribution is -2.41. The van der Waals surface area contributed by atoms with E-state index >= 15 is 0 Å². The van der Waals surface area contributed by atoms with Crippen LogP contribution in [-0.4, -0.2) is 58.9 Å². The fourth-order valence-electron chi connectivity index (χ4n) is 5.36. The van der Waals surface area contributed by atoms with E-state index in [4.69, 9.17) is 23.2 Å². The van der Waals surface area contributed by atoms with Gasteiger partial charge in [0.25, 0.3) is 0 Å². The first-order valence-corrected chi connectivity index (χ1v) is 13.5. The van der Waals surface area contributed by atoms with Crippen molar-refractivity contribution in [3.8, 4) is 11.1 Å². The Balaban J connectivity index is 1.28. The average Bonchev–Trinajstić information content (AvgIpc) is 3.47. The summed E-state index contributed by atoms with van der Waals surface area (Å²) < 4.78 is 3.48. The standard InChI is InChI=1S/C27H24Cl2N8O3/c1-15(38)33-25-22-18(17-4-2-5-19(28)23(17)29)12-36(26(22)32-14-31-25)13-21(39)35-10-7-16(8-11-35)37-20-6-3-9-30-24(20)34-27(37)40/h2-6,9,12,14,16H,7-8,10-11,13H2,1H3,(H,30,34,40)(H,31,32,33,38). The molecule has 2 amide bonds. The highest BCUT2D eigenvalue weighted by Gasteiger charge is 2.27. The molecule has 2 N–H and O–H groups in total. The first-order chi connectivity index (χ1) is 19.3. The number of nitrogens with one attached hydrogen (secondary N) is 2. The van der Waals surface area contributed by atoms with E-state index in [1.165, 1.54) is 13.3 Å². The number of rotatable bonds is 5. The van der Waals surface area contributed by atoms with Crippen LogP contribution in [0.1, 0.15) is 25.8 Å². The lowest BCUT2D eigenvalue weighted by atomic mass is 10.0. The molecule has 0 unspecified atom stereocenters. The minimum atomic E-state index is -0.292. The van der Waals surface area contributed by atoms with E-state index in [9.17, 15) is 14.4 Å². The molecule has 1 aliphatic heterocycles. The van der Waals surface area contributed by atoms with Crippen molar-refractivity contribution in [3.05, 3.63) is 69.6 Å². The van der Waals surface area contributed by atoms with E-state index < -0.39 is 0 Å². The maximum Gasteiger partial charge on any atom is 0.327 e. The molecule has 13 heteroatoms. The van der Waals surface area contributed by atoms with E-state index in [0.29, 0.717) is 69.6 Å². The highest BCUT2D eigenvalue weighted by molar-refractivity contribution is 6.44. The summed E-state index contributed by atoms with van der Waals surface area (Å²) in [4.78, 5) is 55.5. The van der Waals surface area contributed by atoms with Crippen molar-refractivity contribution in [1.82, 2.24) is 34.0 Å². The van der Waals surface area contributed by atoms with Crippen molar-refractivity contribution >= 4 is 63.0 Å². The molecular weight excluding hydrogens is 555 g/mol. The van der Waals surface area contributed by atoms with E-state index in [1.807, 2.05) is 12.1 Å². The number of imidazole rings is 1. The predicted octanol–water partition coefficient (Wildman–Crippen LogP) is 4.27. The molecule has 6 rings (SSSR count). The van der Waals surface area contributed by atoms with Crippen molar-refractivity contribution in [3.63, 3.8) is 0 Å². The van der Waals surface area contributed by atoms with E-state index in [0.717, 1.165) is 5.52 Å². The number of H-pyrrole nitrogens is 1.